The summed E-state index contributed by atoms with van der Waals surface area (Å²) in [4.78, 5) is 12.1. The Labute approximate surface area is 148 Å². The predicted molar refractivity (Wildman–Crippen MR) is 97.3 cm³/mol. The highest BCUT2D eigenvalue weighted by Gasteiger charge is 2.11. The third kappa shape index (κ3) is 5.24. The zero-order chi connectivity index (χ0) is 18.2. The SMILES string of the molecule is CCOc1ccc(CCNC(=O)Cc2c(C)n[nH]c2C)cc1OCC. The van der Waals surface area contributed by atoms with Crippen LogP contribution in [-0.4, -0.2) is 35.9 Å². The van der Waals surface area contributed by atoms with E-state index in [4.69, 9.17) is 9.47 Å². The molecule has 2 N–H and O–H groups in total. The van der Waals surface area contributed by atoms with Crippen molar-refractivity contribution >= 4 is 5.91 Å². The van der Waals surface area contributed by atoms with Gasteiger partial charge in [-0.15, -0.1) is 0 Å². The first kappa shape index (κ1) is 18.8. The number of nitrogens with zero attached hydrogens (tertiary/aromatic N) is 1. The Balaban J connectivity index is 1.88. The molecule has 2 rings (SSSR count). The standard InChI is InChI=1S/C19H27N3O3/c1-5-24-17-8-7-15(11-18(17)25-6-2)9-10-20-19(23)12-16-13(3)21-22-14(16)4/h7-8,11H,5-6,9-10,12H2,1-4H3,(H,20,23)(H,21,22). The van der Waals surface area contributed by atoms with Crippen LogP contribution in [0.15, 0.2) is 18.2 Å². The highest BCUT2D eigenvalue weighted by molar-refractivity contribution is 5.79. The lowest BCUT2D eigenvalue weighted by Gasteiger charge is -2.12. The third-order valence-corrected chi connectivity index (χ3v) is 3.96. The number of H-pyrrole nitrogens is 1. The summed E-state index contributed by atoms with van der Waals surface area (Å²) in [6, 6.07) is 5.90. The smallest absolute Gasteiger partial charge is 0.224 e. The van der Waals surface area contributed by atoms with Gasteiger partial charge in [0.1, 0.15) is 0 Å². The van der Waals surface area contributed by atoms with Gasteiger partial charge in [-0.05, 0) is 51.8 Å². The molecule has 1 amide bonds. The van der Waals surface area contributed by atoms with E-state index in [1.165, 1.54) is 0 Å². The molecule has 0 spiro atoms. The van der Waals surface area contributed by atoms with E-state index in [1.54, 1.807) is 0 Å². The van der Waals surface area contributed by atoms with Crippen LogP contribution in [0.25, 0.3) is 0 Å². The minimum absolute atomic E-state index is 0.00330. The number of hydrogen-bond acceptors (Lipinski definition) is 4. The fraction of sp³-hybridized carbons (Fsp3) is 0.474. The van der Waals surface area contributed by atoms with Gasteiger partial charge in [0.15, 0.2) is 11.5 Å². The van der Waals surface area contributed by atoms with E-state index in [0.29, 0.717) is 26.2 Å². The number of amides is 1. The van der Waals surface area contributed by atoms with Crippen LogP contribution in [0, 0.1) is 13.8 Å². The summed E-state index contributed by atoms with van der Waals surface area (Å²) >= 11 is 0. The summed E-state index contributed by atoms with van der Waals surface area (Å²) in [5.74, 6) is 1.50. The van der Waals surface area contributed by atoms with Crippen molar-refractivity contribution in [3.63, 3.8) is 0 Å². The molecule has 1 aromatic heterocycles. The first-order chi connectivity index (χ1) is 12.0. The van der Waals surface area contributed by atoms with E-state index in [0.717, 1.165) is 40.4 Å². The van der Waals surface area contributed by atoms with Gasteiger partial charge >= 0.3 is 0 Å². The molecule has 1 heterocycles. The number of benzene rings is 1. The fourth-order valence-corrected chi connectivity index (χ4v) is 2.65. The van der Waals surface area contributed by atoms with Crippen LogP contribution in [-0.2, 0) is 17.6 Å². The molecule has 6 nitrogen and oxygen atoms in total. The molecule has 1 aromatic carbocycles. The van der Waals surface area contributed by atoms with Crippen LogP contribution >= 0.6 is 0 Å². The van der Waals surface area contributed by atoms with E-state index in [9.17, 15) is 4.79 Å². The molecule has 2 aromatic rings. The molecule has 0 aliphatic carbocycles. The van der Waals surface area contributed by atoms with Crippen molar-refractivity contribution in [3.8, 4) is 11.5 Å². The summed E-state index contributed by atoms with van der Waals surface area (Å²) in [7, 11) is 0. The van der Waals surface area contributed by atoms with Gasteiger partial charge in [0.2, 0.25) is 5.91 Å². The summed E-state index contributed by atoms with van der Waals surface area (Å²) < 4.78 is 11.2. The molecular formula is C19H27N3O3. The zero-order valence-corrected chi connectivity index (χ0v) is 15.4. The molecule has 0 saturated carbocycles. The van der Waals surface area contributed by atoms with Crippen molar-refractivity contribution in [1.29, 1.82) is 0 Å². The summed E-state index contributed by atoms with van der Waals surface area (Å²) in [5.41, 5.74) is 3.89. The molecule has 0 unspecified atom stereocenters. The molecular weight excluding hydrogens is 318 g/mol. The normalized spacial score (nSPS) is 10.6. The van der Waals surface area contributed by atoms with Gasteiger partial charge in [-0.25, -0.2) is 0 Å². The topological polar surface area (TPSA) is 76.2 Å². The second kappa shape index (κ2) is 9.11. The maximum atomic E-state index is 12.1. The molecule has 25 heavy (non-hydrogen) atoms. The number of carbonyl (C=O) groups excluding carboxylic acids is 1. The fourth-order valence-electron chi connectivity index (χ4n) is 2.65. The van der Waals surface area contributed by atoms with Crippen LogP contribution in [0.2, 0.25) is 0 Å². The average Bonchev–Trinajstić information content (AvgIpc) is 2.89. The average molecular weight is 345 g/mol. The van der Waals surface area contributed by atoms with Crippen molar-refractivity contribution in [2.45, 2.75) is 40.5 Å². The van der Waals surface area contributed by atoms with E-state index in [2.05, 4.69) is 15.5 Å². The number of aromatic nitrogens is 2. The molecule has 136 valence electrons. The molecule has 6 heteroatoms. The maximum Gasteiger partial charge on any atom is 0.224 e. The molecule has 0 bridgehead atoms. The lowest BCUT2D eigenvalue weighted by atomic mass is 10.1. The number of nitrogens with one attached hydrogen (secondary N) is 2. The Morgan fingerprint density at radius 3 is 2.52 bits per heavy atom. The third-order valence-electron chi connectivity index (χ3n) is 3.96. The van der Waals surface area contributed by atoms with Crippen LogP contribution < -0.4 is 14.8 Å². The quantitative estimate of drug-likeness (QED) is 0.733. The van der Waals surface area contributed by atoms with E-state index in [1.807, 2.05) is 45.9 Å². The van der Waals surface area contributed by atoms with Crippen molar-refractivity contribution in [2.75, 3.05) is 19.8 Å². The molecule has 0 aliphatic heterocycles. The molecule has 0 radical (unpaired) electrons. The van der Waals surface area contributed by atoms with Crippen LogP contribution in [0.5, 0.6) is 11.5 Å². The molecule has 0 saturated heterocycles. The largest absolute Gasteiger partial charge is 0.490 e. The number of aromatic amines is 1. The number of hydrogen-bond donors (Lipinski definition) is 2. The Hall–Kier alpha value is -2.50. The summed E-state index contributed by atoms with van der Waals surface area (Å²) in [5, 5.41) is 9.98. The van der Waals surface area contributed by atoms with Crippen LogP contribution in [0.4, 0.5) is 0 Å². The first-order valence-electron chi connectivity index (χ1n) is 8.70. The van der Waals surface area contributed by atoms with Gasteiger partial charge in [-0.2, -0.15) is 5.10 Å². The number of carbonyl (C=O) groups is 1. The Kier molecular flexibility index (Phi) is 6.86. The van der Waals surface area contributed by atoms with Crippen molar-refractivity contribution in [2.24, 2.45) is 0 Å². The van der Waals surface area contributed by atoms with Gasteiger partial charge in [-0.3, -0.25) is 9.89 Å². The zero-order valence-electron chi connectivity index (χ0n) is 15.4. The Morgan fingerprint density at radius 2 is 1.88 bits per heavy atom. The molecule has 0 fully saturated rings. The number of aryl methyl sites for hydroxylation is 2. The summed E-state index contributed by atoms with van der Waals surface area (Å²) in [6.45, 7) is 9.49. The predicted octanol–water partition coefficient (Wildman–Crippen LogP) is 2.73. The Bertz CT molecular complexity index is 690. The summed E-state index contributed by atoms with van der Waals surface area (Å²) in [6.07, 6.45) is 1.09. The molecule has 0 aliphatic rings. The van der Waals surface area contributed by atoms with Crippen LogP contribution in [0.3, 0.4) is 0 Å². The number of ether oxygens (including phenoxy) is 2. The minimum Gasteiger partial charge on any atom is -0.490 e. The molecule has 0 atom stereocenters. The minimum atomic E-state index is 0.00330. The van der Waals surface area contributed by atoms with Gasteiger partial charge in [-0.1, -0.05) is 6.07 Å². The van der Waals surface area contributed by atoms with Crippen LogP contribution in [0.1, 0.15) is 36.4 Å². The van der Waals surface area contributed by atoms with Gasteiger partial charge in [0.05, 0.1) is 25.3 Å². The highest BCUT2D eigenvalue weighted by atomic mass is 16.5. The highest BCUT2D eigenvalue weighted by Crippen LogP contribution is 2.28. The number of rotatable bonds is 9. The van der Waals surface area contributed by atoms with E-state index in [-0.39, 0.29) is 5.91 Å². The second-order valence-corrected chi connectivity index (χ2v) is 5.84. The van der Waals surface area contributed by atoms with Gasteiger partial charge in [0, 0.05) is 17.8 Å². The van der Waals surface area contributed by atoms with Gasteiger partial charge < -0.3 is 14.8 Å². The van der Waals surface area contributed by atoms with E-state index < -0.39 is 0 Å². The van der Waals surface area contributed by atoms with Crippen molar-refractivity contribution in [3.05, 3.63) is 40.7 Å². The lowest BCUT2D eigenvalue weighted by Crippen LogP contribution is -2.27. The Morgan fingerprint density at radius 1 is 1.16 bits per heavy atom. The van der Waals surface area contributed by atoms with Crippen molar-refractivity contribution < 1.29 is 14.3 Å². The van der Waals surface area contributed by atoms with E-state index >= 15 is 0 Å². The van der Waals surface area contributed by atoms with Crippen molar-refractivity contribution in [1.82, 2.24) is 15.5 Å². The maximum absolute atomic E-state index is 12.1. The monoisotopic (exact) mass is 345 g/mol. The van der Waals surface area contributed by atoms with Gasteiger partial charge in [0.25, 0.3) is 0 Å². The lowest BCUT2D eigenvalue weighted by molar-refractivity contribution is -0.120. The second-order valence-electron chi connectivity index (χ2n) is 5.84. The first-order valence-corrected chi connectivity index (χ1v) is 8.70.